The number of nitrogens with two attached hydrogens (primary N) is 1. The van der Waals surface area contributed by atoms with Gasteiger partial charge in [0, 0.05) is 12.6 Å². The van der Waals surface area contributed by atoms with E-state index in [9.17, 15) is 19.7 Å². The van der Waals surface area contributed by atoms with Gasteiger partial charge in [-0.3, -0.25) is 19.7 Å². The first kappa shape index (κ1) is 16.7. The van der Waals surface area contributed by atoms with Crippen LogP contribution in [0.1, 0.15) is 24.8 Å². The minimum Gasteiger partial charge on any atom is -0.483 e. The van der Waals surface area contributed by atoms with E-state index < -0.39 is 16.9 Å². The summed E-state index contributed by atoms with van der Waals surface area (Å²) in [5.74, 6) is -0.593. The van der Waals surface area contributed by atoms with Gasteiger partial charge in [-0.1, -0.05) is 6.07 Å². The minimum absolute atomic E-state index is 0.0667. The van der Waals surface area contributed by atoms with E-state index in [1.807, 2.05) is 0 Å². The van der Waals surface area contributed by atoms with Crippen LogP contribution in [-0.4, -0.2) is 40.8 Å². The molecule has 2 amide bonds. The summed E-state index contributed by atoms with van der Waals surface area (Å²) < 4.78 is 5.42. The maximum atomic E-state index is 12.3. The first-order valence-electron chi connectivity index (χ1n) is 7.37. The number of nitro groups is 1. The number of nitro benzene ring substituents is 1. The third-order valence-corrected chi connectivity index (χ3v) is 3.95. The molecule has 124 valence electrons. The first-order valence-corrected chi connectivity index (χ1v) is 7.37. The molecule has 2 rings (SSSR count). The van der Waals surface area contributed by atoms with Crippen molar-refractivity contribution < 1.29 is 19.2 Å². The Morgan fingerprint density at radius 3 is 2.83 bits per heavy atom. The van der Waals surface area contributed by atoms with Gasteiger partial charge in [0.25, 0.3) is 11.6 Å². The van der Waals surface area contributed by atoms with Gasteiger partial charge in [-0.25, -0.2) is 0 Å². The van der Waals surface area contributed by atoms with Crippen LogP contribution >= 0.6 is 0 Å². The summed E-state index contributed by atoms with van der Waals surface area (Å²) in [5.41, 5.74) is 5.62. The predicted octanol–water partition coefficient (Wildman–Crippen LogP) is 1.15. The SMILES string of the molecule is Cc1c(OCC(=O)N2CCCCC2C(N)=O)cccc1[N+](=O)[O-]. The van der Waals surface area contributed by atoms with Crippen molar-refractivity contribution in [2.24, 2.45) is 5.73 Å². The summed E-state index contributed by atoms with van der Waals surface area (Å²) in [4.78, 5) is 35.5. The summed E-state index contributed by atoms with van der Waals surface area (Å²) >= 11 is 0. The monoisotopic (exact) mass is 321 g/mol. The van der Waals surface area contributed by atoms with Gasteiger partial charge in [-0.05, 0) is 32.3 Å². The average Bonchev–Trinajstić information content (AvgIpc) is 2.53. The summed E-state index contributed by atoms with van der Waals surface area (Å²) in [6.07, 6.45) is 2.21. The smallest absolute Gasteiger partial charge is 0.276 e. The molecule has 1 heterocycles. The van der Waals surface area contributed by atoms with Gasteiger partial charge in [0.1, 0.15) is 11.8 Å². The molecule has 1 aliphatic rings. The van der Waals surface area contributed by atoms with Crippen molar-refractivity contribution in [3.05, 3.63) is 33.9 Å². The molecule has 0 aromatic heterocycles. The van der Waals surface area contributed by atoms with Crippen molar-refractivity contribution in [2.75, 3.05) is 13.2 Å². The average molecular weight is 321 g/mol. The predicted molar refractivity (Wildman–Crippen MR) is 81.9 cm³/mol. The highest BCUT2D eigenvalue weighted by molar-refractivity contribution is 5.87. The molecule has 23 heavy (non-hydrogen) atoms. The number of primary amides is 1. The zero-order chi connectivity index (χ0) is 17.0. The molecule has 1 unspecified atom stereocenters. The lowest BCUT2D eigenvalue weighted by Gasteiger charge is -2.33. The third kappa shape index (κ3) is 3.77. The van der Waals surface area contributed by atoms with Crippen molar-refractivity contribution in [3.63, 3.8) is 0 Å². The number of benzene rings is 1. The van der Waals surface area contributed by atoms with Gasteiger partial charge in [0.15, 0.2) is 6.61 Å². The van der Waals surface area contributed by atoms with Gasteiger partial charge in [0.05, 0.1) is 10.5 Å². The molecule has 8 nitrogen and oxygen atoms in total. The number of piperidine rings is 1. The lowest BCUT2D eigenvalue weighted by Crippen LogP contribution is -2.51. The molecule has 1 saturated heterocycles. The van der Waals surface area contributed by atoms with Crippen LogP contribution < -0.4 is 10.5 Å². The molecule has 0 spiro atoms. The molecule has 0 aliphatic carbocycles. The highest BCUT2D eigenvalue weighted by Crippen LogP contribution is 2.27. The number of nitrogens with zero attached hydrogens (tertiary/aromatic N) is 2. The second-order valence-corrected chi connectivity index (χ2v) is 5.45. The minimum atomic E-state index is -0.606. The molecule has 0 bridgehead atoms. The van der Waals surface area contributed by atoms with E-state index in [0.29, 0.717) is 18.5 Å². The Kier molecular flexibility index (Phi) is 5.15. The normalized spacial score (nSPS) is 17.6. The van der Waals surface area contributed by atoms with Crippen LogP contribution in [0.5, 0.6) is 5.75 Å². The van der Waals surface area contributed by atoms with Crippen molar-refractivity contribution >= 4 is 17.5 Å². The number of carbonyl (C=O) groups excluding carboxylic acids is 2. The number of hydrogen-bond donors (Lipinski definition) is 1. The summed E-state index contributed by atoms with van der Waals surface area (Å²) in [6.45, 7) is 1.74. The summed E-state index contributed by atoms with van der Waals surface area (Å²) in [6, 6.07) is 3.83. The fourth-order valence-corrected chi connectivity index (χ4v) is 2.71. The summed E-state index contributed by atoms with van der Waals surface area (Å²) in [7, 11) is 0. The number of ether oxygens (including phenoxy) is 1. The molecular formula is C15H19N3O5. The lowest BCUT2D eigenvalue weighted by atomic mass is 10.0. The van der Waals surface area contributed by atoms with E-state index in [1.54, 1.807) is 13.0 Å². The Bertz CT molecular complexity index is 632. The standard InChI is InChI=1S/C15H19N3O5/c1-10-11(18(21)22)6-4-7-13(10)23-9-14(19)17-8-3-2-5-12(17)15(16)20/h4,6-7,12H,2-3,5,8-9H2,1H3,(H2,16,20). The number of likely N-dealkylation sites (tertiary alicyclic amines) is 1. The third-order valence-electron chi connectivity index (χ3n) is 3.95. The molecule has 2 N–H and O–H groups in total. The van der Waals surface area contributed by atoms with E-state index in [2.05, 4.69) is 0 Å². The van der Waals surface area contributed by atoms with Crippen LogP contribution in [-0.2, 0) is 9.59 Å². The molecule has 1 aromatic rings. The van der Waals surface area contributed by atoms with E-state index in [4.69, 9.17) is 10.5 Å². The Morgan fingerprint density at radius 2 is 2.17 bits per heavy atom. The maximum Gasteiger partial charge on any atom is 0.276 e. The largest absolute Gasteiger partial charge is 0.483 e. The van der Waals surface area contributed by atoms with Crippen molar-refractivity contribution in [1.29, 1.82) is 0 Å². The fraction of sp³-hybridized carbons (Fsp3) is 0.467. The Hall–Kier alpha value is -2.64. The van der Waals surface area contributed by atoms with Crippen LogP contribution in [0, 0.1) is 17.0 Å². The molecule has 0 saturated carbocycles. The zero-order valence-electron chi connectivity index (χ0n) is 12.9. The van der Waals surface area contributed by atoms with Crippen molar-refractivity contribution in [2.45, 2.75) is 32.2 Å². The lowest BCUT2D eigenvalue weighted by molar-refractivity contribution is -0.385. The molecule has 1 fully saturated rings. The van der Waals surface area contributed by atoms with E-state index in [-0.39, 0.29) is 24.0 Å². The Morgan fingerprint density at radius 1 is 1.43 bits per heavy atom. The van der Waals surface area contributed by atoms with E-state index in [1.165, 1.54) is 17.0 Å². The fourth-order valence-electron chi connectivity index (χ4n) is 2.71. The molecule has 0 radical (unpaired) electrons. The Balaban J connectivity index is 2.05. The Labute approximate surface area is 133 Å². The van der Waals surface area contributed by atoms with E-state index in [0.717, 1.165) is 12.8 Å². The van der Waals surface area contributed by atoms with Gasteiger partial charge in [-0.2, -0.15) is 0 Å². The second-order valence-electron chi connectivity index (χ2n) is 5.45. The molecular weight excluding hydrogens is 302 g/mol. The first-order chi connectivity index (χ1) is 10.9. The molecule has 1 aliphatic heterocycles. The molecule has 1 aromatic carbocycles. The number of carbonyl (C=O) groups is 2. The van der Waals surface area contributed by atoms with E-state index >= 15 is 0 Å². The maximum absolute atomic E-state index is 12.3. The van der Waals surface area contributed by atoms with Crippen LogP contribution in [0.2, 0.25) is 0 Å². The van der Waals surface area contributed by atoms with Crippen molar-refractivity contribution in [1.82, 2.24) is 4.90 Å². The van der Waals surface area contributed by atoms with Gasteiger partial charge in [0.2, 0.25) is 5.91 Å². The highest BCUT2D eigenvalue weighted by Gasteiger charge is 2.30. The highest BCUT2D eigenvalue weighted by atomic mass is 16.6. The van der Waals surface area contributed by atoms with Crippen LogP contribution in [0.15, 0.2) is 18.2 Å². The van der Waals surface area contributed by atoms with Gasteiger partial charge < -0.3 is 15.4 Å². The molecule has 8 heteroatoms. The van der Waals surface area contributed by atoms with Crippen LogP contribution in [0.4, 0.5) is 5.69 Å². The molecule has 1 atom stereocenters. The number of rotatable bonds is 5. The van der Waals surface area contributed by atoms with Gasteiger partial charge in [-0.15, -0.1) is 0 Å². The topological polar surface area (TPSA) is 116 Å². The van der Waals surface area contributed by atoms with Crippen molar-refractivity contribution in [3.8, 4) is 5.75 Å². The van der Waals surface area contributed by atoms with Crippen LogP contribution in [0.3, 0.4) is 0 Å². The second kappa shape index (κ2) is 7.08. The number of hydrogen-bond acceptors (Lipinski definition) is 5. The quantitative estimate of drug-likeness (QED) is 0.645. The van der Waals surface area contributed by atoms with Gasteiger partial charge >= 0.3 is 0 Å². The zero-order valence-corrected chi connectivity index (χ0v) is 12.9. The summed E-state index contributed by atoms with van der Waals surface area (Å²) in [5, 5.41) is 10.9. The number of amides is 2. The van der Waals surface area contributed by atoms with Crippen LogP contribution in [0.25, 0.3) is 0 Å².